The first-order valence-corrected chi connectivity index (χ1v) is 8.02. The molecule has 0 spiro atoms. The van der Waals surface area contributed by atoms with Crippen molar-refractivity contribution in [1.29, 1.82) is 0 Å². The molecule has 8 nitrogen and oxygen atoms in total. The highest BCUT2D eigenvalue weighted by Gasteiger charge is 2.29. The number of imide groups is 1. The zero-order valence-corrected chi connectivity index (χ0v) is 14.5. The van der Waals surface area contributed by atoms with Crippen LogP contribution in [0, 0.1) is 20.8 Å². The molecule has 0 bridgehead atoms. The summed E-state index contributed by atoms with van der Waals surface area (Å²) in [6.45, 7) is 5.65. The van der Waals surface area contributed by atoms with E-state index in [9.17, 15) is 19.2 Å². The summed E-state index contributed by atoms with van der Waals surface area (Å²) < 4.78 is 0. The van der Waals surface area contributed by atoms with Crippen LogP contribution in [0.25, 0.3) is 0 Å². The molecule has 25 heavy (non-hydrogen) atoms. The Hall–Kier alpha value is -2.90. The number of nitrogens with one attached hydrogen (secondary N) is 4. The molecular weight excluding hydrogens is 324 g/mol. The van der Waals surface area contributed by atoms with E-state index >= 15 is 0 Å². The minimum absolute atomic E-state index is 0.0359. The molecule has 8 heteroatoms. The number of carbonyl (C=O) groups is 4. The molecule has 1 aliphatic heterocycles. The van der Waals surface area contributed by atoms with Gasteiger partial charge in [0.25, 0.3) is 5.91 Å². The monoisotopic (exact) mass is 346 g/mol. The van der Waals surface area contributed by atoms with Crippen molar-refractivity contribution in [2.45, 2.75) is 39.7 Å². The maximum Gasteiger partial charge on any atom is 0.322 e. The predicted molar refractivity (Wildman–Crippen MR) is 92.0 cm³/mol. The van der Waals surface area contributed by atoms with E-state index in [0.29, 0.717) is 0 Å². The Morgan fingerprint density at radius 3 is 2.28 bits per heavy atom. The average Bonchev–Trinajstić information content (AvgIpc) is 2.84. The highest BCUT2D eigenvalue weighted by atomic mass is 16.2. The number of hydrogen-bond acceptors (Lipinski definition) is 4. The summed E-state index contributed by atoms with van der Waals surface area (Å²) in [5.41, 5.74) is 3.78. The third-order valence-electron chi connectivity index (χ3n) is 3.91. The lowest BCUT2D eigenvalue weighted by Crippen LogP contribution is -2.35. The van der Waals surface area contributed by atoms with Gasteiger partial charge in [-0.3, -0.25) is 19.7 Å². The van der Waals surface area contributed by atoms with Crippen LogP contribution in [0.1, 0.15) is 29.5 Å². The van der Waals surface area contributed by atoms with Crippen LogP contribution in [-0.2, 0) is 14.4 Å². The van der Waals surface area contributed by atoms with Gasteiger partial charge in [0, 0.05) is 12.1 Å². The molecule has 134 valence electrons. The molecule has 1 aromatic rings. The van der Waals surface area contributed by atoms with Gasteiger partial charge in [-0.25, -0.2) is 4.79 Å². The van der Waals surface area contributed by atoms with Crippen LogP contribution >= 0.6 is 0 Å². The van der Waals surface area contributed by atoms with Crippen LogP contribution in [0.2, 0.25) is 0 Å². The average molecular weight is 346 g/mol. The Labute approximate surface area is 145 Å². The Morgan fingerprint density at radius 1 is 1.08 bits per heavy atom. The van der Waals surface area contributed by atoms with E-state index in [0.717, 1.165) is 22.4 Å². The van der Waals surface area contributed by atoms with Gasteiger partial charge in [-0.05, 0) is 38.3 Å². The molecule has 1 fully saturated rings. The van der Waals surface area contributed by atoms with Crippen molar-refractivity contribution in [3.63, 3.8) is 0 Å². The fraction of sp³-hybridized carbons (Fsp3) is 0.412. The summed E-state index contributed by atoms with van der Waals surface area (Å²) in [7, 11) is 0. The number of carbonyl (C=O) groups excluding carboxylic acids is 4. The highest BCUT2D eigenvalue weighted by molar-refractivity contribution is 6.04. The third-order valence-corrected chi connectivity index (χ3v) is 3.91. The highest BCUT2D eigenvalue weighted by Crippen LogP contribution is 2.21. The van der Waals surface area contributed by atoms with Gasteiger partial charge >= 0.3 is 6.03 Å². The molecule has 1 heterocycles. The summed E-state index contributed by atoms with van der Waals surface area (Å²) in [6.07, 6.45) is 0.218. The lowest BCUT2D eigenvalue weighted by atomic mass is 10.1. The van der Waals surface area contributed by atoms with Crippen molar-refractivity contribution < 1.29 is 19.2 Å². The van der Waals surface area contributed by atoms with Gasteiger partial charge in [0.15, 0.2) is 0 Å². The second-order valence-electron chi connectivity index (χ2n) is 6.15. The molecule has 1 saturated heterocycles. The maximum absolute atomic E-state index is 12.0. The van der Waals surface area contributed by atoms with Gasteiger partial charge in [0.2, 0.25) is 11.8 Å². The SMILES string of the molecule is Cc1cc(C)c(NC(=O)CNC(=O)CCC2NC(=O)NC2=O)c(C)c1. The van der Waals surface area contributed by atoms with Crippen LogP contribution < -0.4 is 21.3 Å². The maximum atomic E-state index is 12.0. The van der Waals surface area contributed by atoms with Crippen molar-refractivity contribution in [3.8, 4) is 0 Å². The van der Waals surface area contributed by atoms with Crippen LogP contribution in [0.15, 0.2) is 12.1 Å². The Balaban J connectivity index is 1.77. The molecule has 1 unspecified atom stereocenters. The Kier molecular flexibility index (Phi) is 5.74. The van der Waals surface area contributed by atoms with Gasteiger partial charge in [0.1, 0.15) is 6.04 Å². The van der Waals surface area contributed by atoms with Gasteiger partial charge < -0.3 is 16.0 Å². The second kappa shape index (κ2) is 7.78. The molecule has 5 amide bonds. The number of anilines is 1. The topological polar surface area (TPSA) is 116 Å². The quantitative estimate of drug-likeness (QED) is 0.566. The molecule has 0 aliphatic carbocycles. The van der Waals surface area contributed by atoms with Crippen LogP contribution in [0.5, 0.6) is 0 Å². The van der Waals surface area contributed by atoms with E-state index in [1.165, 1.54) is 0 Å². The third kappa shape index (κ3) is 5.03. The van der Waals surface area contributed by atoms with E-state index in [4.69, 9.17) is 0 Å². The lowest BCUT2D eigenvalue weighted by Gasteiger charge is -2.13. The second-order valence-corrected chi connectivity index (χ2v) is 6.15. The zero-order chi connectivity index (χ0) is 18.6. The van der Waals surface area contributed by atoms with Crippen molar-refractivity contribution >= 4 is 29.4 Å². The molecule has 4 N–H and O–H groups in total. The van der Waals surface area contributed by atoms with E-state index < -0.39 is 18.0 Å². The molecule has 0 radical (unpaired) electrons. The summed E-state index contributed by atoms with van der Waals surface area (Å²) in [5, 5.41) is 9.82. The standard InChI is InChI=1S/C17H22N4O4/c1-9-6-10(2)15(11(3)7-9)20-14(23)8-18-13(22)5-4-12-16(24)21-17(25)19-12/h6-7,12H,4-5,8H2,1-3H3,(H,18,22)(H,20,23)(H2,19,21,24,25). The minimum Gasteiger partial charge on any atom is -0.347 e. The van der Waals surface area contributed by atoms with Gasteiger partial charge in [-0.2, -0.15) is 0 Å². The largest absolute Gasteiger partial charge is 0.347 e. The summed E-state index contributed by atoms with van der Waals surface area (Å²) in [5.74, 6) is -1.13. The Bertz CT molecular complexity index is 706. The first-order chi connectivity index (χ1) is 11.8. The normalized spacial score (nSPS) is 16.2. The van der Waals surface area contributed by atoms with Crippen molar-refractivity contribution in [3.05, 3.63) is 28.8 Å². The molecular formula is C17H22N4O4. The molecule has 1 atom stereocenters. The number of hydrogen-bond donors (Lipinski definition) is 4. The van der Waals surface area contributed by atoms with Crippen molar-refractivity contribution in [2.24, 2.45) is 0 Å². The lowest BCUT2D eigenvalue weighted by molar-refractivity contribution is -0.124. The first kappa shape index (κ1) is 18.4. The number of aryl methyl sites for hydroxylation is 3. The van der Waals surface area contributed by atoms with Crippen LogP contribution in [0.3, 0.4) is 0 Å². The fourth-order valence-corrected chi connectivity index (χ4v) is 2.77. The van der Waals surface area contributed by atoms with E-state index in [-0.39, 0.29) is 31.2 Å². The van der Waals surface area contributed by atoms with E-state index in [2.05, 4.69) is 21.3 Å². The summed E-state index contributed by atoms with van der Waals surface area (Å²) >= 11 is 0. The van der Waals surface area contributed by atoms with Gasteiger partial charge in [0.05, 0.1) is 6.54 Å². The van der Waals surface area contributed by atoms with Crippen molar-refractivity contribution in [2.75, 3.05) is 11.9 Å². The van der Waals surface area contributed by atoms with Gasteiger partial charge in [-0.15, -0.1) is 0 Å². The van der Waals surface area contributed by atoms with Crippen LogP contribution in [0.4, 0.5) is 10.5 Å². The molecule has 2 rings (SSSR count). The number of urea groups is 1. The molecule has 1 aromatic carbocycles. The van der Waals surface area contributed by atoms with Gasteiger partial charge in [-0.1, -0.05) is 17.7 Å². The number of amides is 5. The molecule has 1 aliphatic rings. The fourth-order valence-electron chi connectivity index (χ4n) is 2.77. The van der Waals surface area contributed by atoms with E-state index in [1.807, 2.05) is 32.9 Å². The number of benzene rings is 1. The Morgan fingerprint density at radius 2 is 1.72 bits per heavy atom. The number of rotatable bonds is 6. The molecule has 0 saturated carbocycles. The molecule has 0 aromatic heterocycles. The minimum atomic E-state index is -0.704. The summed E-state index contributed by atoms with van der Waals surface area (Å²) in [6, 6.07) is 2.69. The first-order valence-electron chi connectivity index (χ1n) is 8.02. The van der Waals surface area contributed by atoms with Crippen molar-refractivity contribution in [1.82, 2.24) is 16.0 Å². The zero-order valence-electron chi connectivity index (χ0n) is 14.5. The van der Waals surface area contributed by atoms with E-state index in [1.54, 1.807) is 0 Å². The smallest absolute Gasteiger partial charge is 0.322 e. The van der Waals surface area contributed by atoms with Crippen LogP contribution in [-0.4, -0.2) is 36.3 Å². The summed E-state index contributed by atoms with van der Waals surface area (Å²) in [4.78, 5) is 46.1. The predicted octanol–water partition coefficient (Wildman–Crippen LogP) is 0.655.